The molecule has 1 amide bonds. The van der Waals surface area contributed by atoms with E-state index in [0.29, 0.717) is 12.3 Å². The zero-order valence-corrected chi connectivity index (χ0v) is 18.2. The average molecular weight is 427 g/mol. The summed E-state index contributed by atoms with van der Waals surface area (Å²) in [5.74, 6) is 1.95. The van der Waals surface area contributed by atoms with Crippen molar-refractivity contribution in [2.24, 2.45) is 0 Å². The van der Waals surface area contributed by atoms with Crippen LogP contribution in [0.5, 0.6) is 5.75 Å². The van der Waals surface area contributed by atoms with Crippen molar-refractivity contribution in [1.29, 1.82) is 0 Å². The van der Waals surface area contributed by atoms with E-state index >= 15 is 0 Å². The van der Waals surface area contributed by atoms with E-state index in [2.05, 4.69) is 17.0 Å². The summed E-state index contributed by atoms with van der Waals surface area (Å²) in [6.45, 7) is 4.01. The van der Waals surface area contributed by atoms with E-state index in [9.17, 15) is 9.90 Å². The Morgan fingerprint density at radius 2 is 1.77 bits per heavy atom. The van der Waals surface area contributed by atoms with Crippen molar-refractivity contribution in [2.45, 2.75) is 69.1 Å². The smallest absolute Gasteiger partial charge is 0.289 e. The number of rotatable bonds is 8. The molecule has 1 atom stereocenters. The maximum absolute atomic E-state index is 12.9. The molecule has 0 aromatic heterocycles. The van der Waals surface area contributed by atoms with Gasteiger partial charge in [0.1, 0.15) is 5.75 Å². The van der Waals surface area contributed by atoms with E-state index in [1.807, 2.05) is 23.1 Å². The highest BCUT2D eigenvalue weighted by molar-refractivity contribution is 5.94. The molecular weight excluding hydrogens is 392 g/mol. The SMILES string of the molecule is O=C1C(Oc2ccc(C3CC3)cc2)=CCN1[C@H]1CC[C@H](OCCN2CC[C@H](O)C2)CC1. The molecule has 0 radical (unpaired) electrons. The lowest BCUT2D eigenvalue weighted by molar-refractivity contribution is -0.130. The van der Waals surface area contributed by atoms with Crippen LogP contribution < -0.4 is 4.74 Å². The Morgan fingerprint density at radius 3 is 2.45 bits per heavy atom. The summed E-state index contributed by atoms with van der Waals surface area (Å²) in [5.41, 5.74) is 1.37. The maximum atomic E-state index is 12.9. The van der Waals surface area contributed by atoms with Crippen LogP contribution in [0.25, 0.3) is 0 Å². The van der Waals surface area contributed by atoms with Gasteiger partial charge in [0.25, 0.3) is 5.91 Å². The fraction of sp³-hybridized carbons (Fsp3) is 0.640. The van der Waals surface area contributed by atoms with E-state index in [4.69, 9.17) is 9.47 Å². The van der Waals surface area contributed by atoms with Crippen LogP contribution in [0.2, 0.25) is 0 Å². The molecule has 5 rings (SSSR count). The second-order valence-corrected chi connectivity index (χ2v) is 9.52. The first-order chi connectivity index (χ1) is 15.2. The lowest BCUT2D eigenvalue weighted by atomic mass is 9.92. The van der Waals surface area contributed by atoms with Crippen LogP contribution in [-0.4, -0.2) is 71.8 Å². The van der Waals surface area contributed by atoms with E-state index in [1.54, 1.807) is 0 Å². The van der Waals surface area contributed by atoms with E-state index in [-0.39, 0.29) is 24.2 Å². The summed E-state index contributed by atoms with van der Waals surface area (Å²) in [6, 6.07) is 8.48. The largest absolute Gasteiger partial charge is 0.452 e. The number of hydrogen-bond donors (Lipinski definition) is 1. The minimum atomic E-state index is -0.169. The molecule has 1 aromatic carbocycles. The van der Waals surface area contributed by atoms with Crippen LogP contribution in [0.1, 0.15) is 56.4 Å². The predicted octanol–water partition coefficient (Wildman–Crippen LogP) is 3.06. The first-order valence-electron chi connectivity index (χ1n) is 12.0. The molecule has 1 aromatic rings. The standard InChI is InChI=1S/C25H34N2O4/c28-21-11-13-26(17-21)15-16-30-22-9-5-20(6-10-22)27-14-12-24(25(27)29)31-23-7-3-19(4-8-23)18-1-2-18/h3-4,7-8,12,18,20-22,28H,1-2,5-6,9-11,13-17H2/t20-,21-,22-/m0/s1. The average Bonchev–Trinajstić information content (AvgIpc) is 3.46. The summed E-state index contributed by atoms with van der Waals surface area (Å²) < 4.78 is 12.0. The summed E-state index contributed by atoms with van der Waals surface area (Å²) >= 11 is 0. The summed E-state index contributed by atoms with van der Waals surface area (Å²) in [6.07, 6.45) is 9.44. The number of likely N-dealkylation sites (tertiary alicyclic amines) is 1. The molecule has 0 bridgehead atoms. The quantitative estimate of drug-likeness (QED) is 0.692. The number of ether oxygens (including phenoxy) is 2. The lowest BCUT2D eigenvalue weighted by Crippen LogP contribution is -2.41. The van der Waals surface area contributed by atoms with Crippen LogP contribution >= 0.6 is 0 Å². The van der Waals surface area contributed by atoms with E-state index < -0.39 is 0 Å². The number of carbonyl (C=O) groups excluding carboxylic acids is 1. The second-order valence-electron chi connectivity index (χ2n) is 9.52. The predicted molar refractivity (Wildman–Crippen MR) is 118 cm³/mol. The lowest BCUT2D eigenvalue weighted by Gasteiger charge is -2.34. The molecule has 6 heteroatoms. The molecule has 1 saturated heterocycles. The van der Waals surface area contributed by atoms with Gasteiger partial charge in [-0.15, -0.1) is 0 Å². The van der Waals surface area contributed by atoms with Crippen LogP contribution in [-0.2, 0) is 9.53 Å². The van der Waals surface area contributed by atoms with Crippen LogP contribution in [0, 0.1) is 0 Å². The van der Waals surface area contributed by atoms with Gasteiger partial charge in [-0.1, -0.05) is 12.1 Å². The topological polar surface area (TPSA) is 62.2 Å². The number of amides is 1. The van der Waals surface area contributed by atoms with Gasteiger partial charge in [-0.25, -0.2) is 0 Å². The van der Waals surface area contributed by atoms with Crippen molar-refractivity contribution in [3.05, 3.63) is 41.7 Å². The third kappa shape index (κ3) is 5.13. The Kier molecular flexibility index (Phi) is 6.30. The number of hydrogen-bond acceptors (Lipinski definition) is 5. The number of aliphatic hydroxyl groups excluding tert-OH is 1. The summed E-state index contributed by atoms with van der Waals surface area (Å²) in [7, 11) is 0. The molecule has 2 saturated carbocycles. The molecule has 6 nitrogen and oxygen atoms in total. The minimum absolute atomic E-state index is 0.0169. The van der Waals surface area contributed by atoms with Crippen LogP contribution in [0.15, 0.2) is 36.1 Å². The highest BCUT2D eigenvalue weighted by Gasteiger charge is 2.34. The fourth-order valence-electron chi connectivity index (χ4n) is 5.13. The highest BCUT2D eigenvalue weighted by Crippen LogP contribution is 2.40. The molecule has 31 heavy (non-hydrogen) atoms. The molecule has 1 N–H and O–H groups in total. The maximum Gasteiger partial charge on any atom is 0.289 e. The van der Waals surface area contributed by atoms with Gasteiger partial charge in [-0.3, -0.25) is 9.69 Å². The van der Waals surface area contributed by atoms with Crippen molar-refractivity contribution < 1.29 is 19.4 Å². The Labute approximate surface area is 184 Å². The molecule has 168 valence electrons. The third-order valence-corrected chi connectivity index (χ3v) is 7.19. The zero-order chi connectivity index (χ0) is 21.2. The Morgan fingerprint density at radius 1 is 1.00 bits per heavy atom. The molecule has 4 aliphatic rings. The number of benzene rings is 1. The fourth-order valence-corrected chi connectivity index (χ4v) is 5.13. The first-order valence-corrected chi connectivity index (χ1v) is 12.0. The van der Waals surface area contributed by atoms with Gasteiger partial charge in [0.05, 0.1) is 18.8 Å². The number of β-amino-alcohol motifs (C(OH)–C–C–N with tert-alkyl or cyclic N) is 1. The molecule has 2 aliphatic carbocycles. The Hall–Kier alpha value is -1.89. The second kappa shape index (κ2) is 9.31. The molecule has 0 unspecified atom stereocenters. The molecule has 2 aliphatic heterocycles. The highest BCUT2D eigenvalue weighted by atomic mass is 16.5. The molecule has 2 heterocycles. The van der Waals surface area contributed by atoms with Crippen molar-refractivity contribution in [1.82, 2.24) is 9.80 Å². The van der Waals surface area contributed by atoms with Gasteiger partial charge in [-0.2, -0.15) is 0 Å². The third-order valence-electron chi connectivity index (χ3n) is 7.19. The van der Waals surface area contributed by atoms with Crippen molar-refractivity contribution >= 4 is 5.91 Å². The number of aliphatic hydroxyl groups is 1. The van der Waals surface area contributed by atoms with Crippen molar-refractivity contribution in [3.63, 3.8) is 0 Å². The van der Waals surface area contributed by atoms with Gasteiger partial charge in [0.2, 0.25) is 0 Å². The molecular formula is C25H34N2O4. The summed E-state index contributed by atoms with van der Waals surface area (Å²) in [4.78, 5) is 17.1. The molecule has 0 spiro atoms. The summed E-state index contributed by atoms with van der Waals surface area (Å²) in [5, 5.41) is 9.61. The Balaban J connectivity index is 1.04. The van der Waals surface area contributed by atoms with E-state index in [0.717, 1.165) is 70.0 Å². The van der Waals surface area contributed by atoms with Crippen LogP contribution in [0.3, 0.4) is 0 Å². The minimum Gasteiger partial charge on any atom is -0.452 e. The monoisotopic (exact) mass is 426 g/mol. The van der Waals surface area contributed by atoms with Gasteiger partial charge in [0.15, 0.2) is 5.76 Å². The van der Waals surface area contributed by atoms with Gasteiger partial charge >= 0.3 is 0 Å². The zero-order valence-electron chi connectivity index (χ0n) is 18.2. The van der Waals surface area contributed by atoms with E-state index in [1.165, 1.54) is 18.4 Å². The first kappa shape index (κ1) is 21.0. The Bertz CT molecular complexity index is 796. The number of carbonyl (C=O) groups is 1. The molecule has 3 fully saturated rings. The van der Waals surface area contributed by atoms with Gasteiger partial charge in [0, 0.05) is 32.2 Å². The van der Waals surface area contributed by atoms with Crippen molar-refractivity contribution in [3.8, 4) is 5.75 Å². The van der Waals surface area contributed by atoms with Gasteiger partial charge in [-0.05, 0) is 74.6 Å². The normalized spacial score (nSPS) is 29.5. The number of nitrogens with zero attached hydrogens (tertiary/aromatic N) is 2. The van der Waals surface area contributed by atoms with Crippen molar-refractivity contribution in [2.75, 3.05) is 32.8 Å². The van der Waals surface area contributed by atoms with Gasteiger partial charge < -0.3 is 19.5 Å². The van der Waals surface area contributed by atoms with Crippen LogP contribution in [0.4, 0.5) is 0 Å².